The Hall–Kier alpha value is -2.22. The first kappa shape index (κ1) is 19.1. The van der Waals surface area contributed by atoms with E-state index in [2.05, 4.69) is 24.0 Å². The number of ether oxygens (including phenoxy) is 2. The molecule has 1 saturated heterocycles. The molecule has 0 saturated carbocycles. The Labute approximate surface area is 169 Å². The van der Waals surface area contributed by atoms with Gasteiger partial charge >= 0.3 is 0 Å². The lowest BCUT2D eigenvalue weighted by atomic mass is 9.98. The number of likely N-dealkylation sites (tertiary alicyclic amines) is 1. The lowest BCUT2D eigenvalue weighted by molar-refractivity contribution is -0.134. The fraction of sp³-hybridized carbons (Fsp3) is 0.550. The Kier molecular flexibility index (Phi) is 5.48. The molecular weight excluding hydrogens is 376 g/mol. The van der Waals surface area contributed by atoms with Gasteiger partial charge in [0.05, 0.1) is 5.75 Å². The van der Waals surface area contributed by atoms with Gasteiger partial charge in [-0.3, -0.25) is 4.79 Å². The van der Waals surface area contributed by atoms with Crippen LogP contribution in [0.2, 0.25) is 0 Å². The predicted molar refractivity (Wildman–Crippen MR) is 107 cm³/mol. The van der Waals surface area contributed by atoms with E-state index >= 15 is 0 Å². The number of carbonyl (C=O) groups excluding carboxylic acids is 1. The van der Waals surface area contributed by atoms with Crippen LogP contribution in [0, 0.1) is 0 Å². The summed E-state index contributed by atoms with van der Waals surface area (Å²) in [6.45, 7) is 4.56. The van der Waals surface area contributed by atoms with Gasteiger partial charge in [0.25, 0.3) is 0 Å². The van der Waals surface area contributed by atoms with Crippen molar-refractivity contribution in [3.05, 3.63) is 29.6 Å². The number of rotatable bonds is 5. The highest BCUT2D eigenvalue weighted by Gasteiger charge is 2.29. The summed E-state index contributed by atoms with van der Waals surface area (Å²) in [6, 6.07) is 6.55. The number of hydrogen-bond donors (Lipinski definition) is 0. The molecule has 1 amide bonds. The zero-order valence-electron chi connectivity index (χ0n) is 16.6. The minimum absolute atomic E-state index is 0.185. The number of carbonyl (C=O) groups is 1. The first-order valence-corrected chi connectivity index (χ1v) is 10.7. The van der Waals surface area contributed by atoms with Crippen LogP contribution < -0.4 is 9.47 Å². The number of fused-ring (bicyclic) bond motifs is 1. The number of thioether (sulfide) groups is 1. The van der Waals surface area contributed by atoms with Gasteiger partial charge < -0.3 is 18.9 Å². The standard InChI is InChI=1S/C20H26N4O3S/c1-13-5-4-6-14(2)24(13)19(25)11-28-20-22-21-18(23(20)3)10-15-7-8-16-17(9-15)27-12-26-16/h7-9,13-14H,4-6,10-12H2,1-3H3/t13-,14+. The van der Waals surface area contributed by atoms with E-state index in [4.69, 9.17) is 9.47 Å². The fourth-order valence-electron chi connectivity index (χ4n) is 3.97. The average Bonchev–Trinajstić information content (AvgIpc) is 3.27. The molecular formula is C20H26N4O3S. The highest BCUT2D eigenvalue weighted by molar-refractivity contribution is 7.99. The zero-order chi connectivity index (χ0) is 19.7. The molecule has 1 aromatic heterocycles. The van der Waals surface area contributed by atoms with Crippen LogP contribution in [-0.4, -0.2) is 50.2 Å². The Balaban J connectivity index is 1.39. The normalized spacial score (nSPS) is 21.2. The number of aromatic nitrogens is 3. The summed E-state index contributed by atoms with van der Waals surface area (Å²) < 4.78 is 12.8. The van der Waals surface area contributed by atoms with E-state index in [9.17, 15) is 4.79 Å². The fourth-order valence-corrected chi connectivity index (χ4v) is 4.77. The SMILES string of the molecule is C[C@@H]1CCC[C@H](C)N1C(=O)CSc1nnc(Cc2ccc3c(c2)OCO3)n1C. The first-order chi connectivity index (χ1) is 13.5. The summed E-state index contributed by atoms with van der Waals surface area (Å²) >= 11 is 1.46. The second kappa shape index (κ2) is 8.03. The maximum Gasteiger partial charge on any atom is 0.233 e. The molecule has 0 radical (unpaired) electrons. The molecule has 150 valence electrons. The van der Waals surface area contributed by atoms with E-state index < -0.39 is 0 Å². The van der Waals surface area contributed by atoms with E-state index in [1.807, 2.05) is 34.7 Å². The molecule has 2 aromatic rings. The van der Waals surface area contributed by atoms with Crippen molar-refractivity contribution < 1.29 is 14.3 Å². The van der Waals surface area contributed by atoms with Crippen LogP contribution in [0.4, 0.5) is 0 Å². The number of piperidine rings is 1. The van der Waals surface area contributed by atoms with Crippen LogP contribution >= 0.6 is 11.8 Å². The summed E-state index contributed by atoms with van der Waals surface area (Å²) in [5.74, 6) is 2.98. The van der Waals surface area contributed by atoms with Gasteiger partial charge in [0, 0.05) is 25.6 Å². The Morgan fingerprint density at radius 3 is 2.71 bits per heavy atom. The second-order valence-corrected chi connectivity index (χ2v) is 8.48. The smallest absolute Gasteiger partial charge is 0.233 e. The number of nitrogens with zero attached hydrogens (tertiary/aromatic N) is 4. The topological polar surface area (TPSA) is 69.5 Å². The number of hydrogen-bond acceptors (Lipinski definition) is 6. The predicted octanol–water partition coefficient (Wildman–Crippen LogP) is 3.02. The Bertz CT molecular complexity index is 859. The van der Waals surface area contributed by atoms with E-state index in [1.165, 1.54) is 18.2 Å². The van der Waals surface area contributed by atoms with Crippen LogP contribution in [-0.2, 0) is 18.3 Å². The summed E-state index contributed by atoms with van der Waals surface area (Å²) in [6.07, 6.45) is 4.02. The molecule has 0 N–H and O–H groups in total. The Morgan fingerprint density at radius 1 is 1.18 bits per heavy atom. The van der Waals surface area contributed by atoms with Crippen LogP contribution in [0.15, 0.2) is 23.4 Å². The summed E-state index contributed by atoms with van der Waals surface area (Å²) in [4.78, 5) is 14.8. The maximum atomic E-state index is 12.7. The van der Waals surface area contributed by atoms with Crippen LogP contribution in [0.5, 0.6) is 11.5 Å². The minimum atomic E-state index is 0.185. The summed E-state index contributed by atoms with van der Waals surface area (Å²) in [5, 5.41) is 9.37. The van der Waals surface area contributed by atoms with Crippen molar-refractivity contribution in [1.82, 2.24) is 19.7 Å². The van der Waals surface area contributed by atoms with Crippen molar-refractivity contribution in [2.75, 3.05) is 12.5 Å². The number of benzene rings is 1. The van der Waals surface area contributed by atoms with Gasteiger partial charge in [0.15, 0.2) is 16.7 Å². The molecule has 8 heteroatoms. The first-order valence-electron chi connectivity index (χ1n) is 9.73. The molecule has 0 spiro atoms. The van der Waals surface area contributed by atoms with Crippen molar-refractivity contribution in [3.8, 4) is 11.5 Å². The lowest BCUT2D eigenvalue weighted by Gasteiger charge is -2.39. The highest BCUT2D eigenvalue weighted by atomic mass is 32.2. The van der Waals surface area contributed by atoms with E-state index in [-0.39, 0.29) is 12.7 Å². The van der Waals surface area contributed by atoms with Crippen molar-refractivity contribution >= 4 is 17.7 Å². The van der Waals surface area contributed by atoms with Gasteiger partial charge in [-0.25, -0.2) is 0 Å². The molecule has 7 nitrogen and oxygen atoms in total. The van der Waals surface area contributed by atoms with Crippen molar-refractivity contribution in [2.24, 2.45) is 7.05 Å². The molecule has 2 aliphatic heterocycles. The molecule has 4 rings (SSSR count). The van der Waals surface area contributed by atoms with Crippen molar-refractivity contribution in [3.63, 3.8) is 0 Å². The minimum Gasteiger partial charge on any atom is -0.454 e. The number of amides is 1. The van der Waals surface area contributed by atoms with Gasteiger partial charge in [-0.05, 0) is 50.8 Å². The lowest BCUT2D eigenvalue weighted by Crippen LogP contribution is -2.48. The molecule has 1 fully saturated rings. The van der Waals surface area contributed by atoms with Crippen LogP contribution in [0.25, 0.3) is 0 Å². The third-order valence-electron chi connectivity index (χ3n) is 5.53. The Morgan fingerprint density at radius 2 is 1.93 bits per heavy atom. The zero-order valence-corrected chi connectivity index (χ0v) is 17.4. The monoisotopic (exact) mass is 402 g/mol. The third kappa shape index (κ3) is 3.83. The quantitative estimate of drug-likeness (QED) is 0.716. The van der Waals surface area contributed by atoms with Gasteiger partial charge in [-0.2, -0.15) is 0 Å². The van der Waals surface area contributed by atoms with E-state index in [1.54, 1.807) is 0 Å². The maximum absolute atomic E-state index is 12.7. The van der Waals surface area contributed by atoms with Gasteiger partial charge in [-0.15, -0.1) is 10.2 Å². The molecule has 0 bridgehead atoms. The molecule has 3 heterocycles. The summed E-state index contributed by atoms with van der Waals surface area (Å²) in [7, 11) is 1.95. The third-order valence-corrected chi connectivity index (χ3v) is 6.54. The molecule has 28 heavy (non-hydrogen) atoms. The average molecular weight is 403 g/mol. The van der Waals surface area contributed by atoms with Crippen LogP contribution in [0.3, 0.4) is 0 Å². The van der Waals surface area contributed by atoms with Crippen molar-refractivity contribution in [1.29, 1.82) is 0 Å². The van der Waals surface area contributed by atoms with E-state index in [0.29, 0.717) is 24.3 Å². The highest BCUT2D eigenvalue weighted by Crippen LogP contribution is 2.33. The van der Waals surface area contributed by atoms with Crippen LogP contribution in [0.1, 0.15) is 44.5 Å². The van der Waals surface area contributed by atoms with Gasteiger partial charge in [0.2, 0.25) is 12.7 Å². The molecule has 0 unspecified atom stereocenters. The largest absolute Gasteiger partial charge is 0.454 e. The van der Waals surface area contributed by atoms with Gasteiger partial charge in [0.1, 0.15) is 5.82 Å². The molecule has 2 aliphatic rings. The molecule has 2 atom stereocenters. The molecule has 1 aromatic carbocycles. The van der Waals surface area contributed by atoms with Crippen molar-refractivity contribution in [2.45, 2.75) is 56.8 Å². The van der Waals surface area contributed by atoms with Gasteiger partial charge in [-0.1, -0.05) is 17.8 Å². The van der Waals surface area contributed by atoms with E-state index in [0.717, 1.165) is 40.9 Å². The molecule has 0 aliphatic carbocycles. The second-order valence-electron chi connectivity index (χ2n) is 7.54. The summed E-state index contributed by atoms with van der Waals surface area (Å²) in [5.41, 5.74) is 1.09.